The van der Waals surface area contributed by atoms with Gasteiger partial charge in [0.1, 0.15) is 0 Å². The minimum absolute atomic E-state index is 0.227. The summed E-state index contributed by atoms with van der Waals surface area (Å²) in [5, 5.41) is 3.55. The zero-order valence-electron chi connectivity index (χ0n) is 12.6. The molecule has 1 heterocycles. The van der Waals surface area contributed by atoms with Gasteiger partial charge in [-0.2, -0.15) is 13.2 Å². The Morgan fingerprint density at radius 3 is 2.43 bits per heavy atom. The Bertz CT molecular complexity index is 451. The first kappa shape index (κ1) is 16.3. The van der Waals surface area contributed by atoms with E-state index in [1.54, 1.807) is 0 Å². The van der Waals surface area contributed by atoms with E-state index in [1.165, 1.54) is 16.0 Å². The van der Waals surface area contributed by atoms with Crippen LogP contribution in [-0.4, -0.2) is 36.8 Å². The van der Waals surface area contributed by atoms with Crippen molar-refractivity contribution in [3.05, 3.63) is 35.4 Å². The fourth-order valence-corrected chi connectivity index (χ4v) is 3.03. The number of alkyl halides is 3. The van der Waals surface area contributed by atoms with E-state index in [0.29, 0.717) is 19.1 Å². The van der Waals surface area contributed by atoms with E-state index in [4.69, 9.17) is 0 Å². The Kier molecular flexibility index (Phi) is 5.27. The highest BCUT2D eigenvalue weighted by Crippen LogP contribution is 2.22. The number of rotatable bonds is 4. The molecular weight excluding hydrogens is 277 g/mol. The van der Waals surface area contributed by atoms with Gasteiger partial charge in [-0.3, -0.25) is 4.90 Å². The van der Waals surface area contributed by atoms with E-state index in [1.807, 2.05) is 12.1 Å². The molecule has 0 amide bonds. The number of nitrogens with zero attached hydrogens (tertiary/aromatic N) is 1. The molecule has 2 nitrogen and oxygen atoms in total. The summed E-state index contributed by atoms with van der Waals surface area (Å²) in [4.78, 5) is 1.50. The van der Waals surface area contributed by atoms with Gasteiger partial charge in [0.2, 0.25) is 0 Å². The molecule has 0 unspecified atom stereocenters. The fourth-order valence-electron chi connectivity index (χ4n) is 3.03. The summed E-state index contributed by atoms with van der Waals surface area (Å²) >= 11 is 0. The molecule has 1 atom stereocenters. The number of halogens is 3. The Hall–Kier alpha value is -1.07. The Balaban J connectivity index is 1.82. The summed E-state index contributed by atoms with van der Waals surface area (Å²) in [6.45, 7) is 4.44. The summed E-state index contributed by atoms with van der Waals surface area (Å²) in [6.07, 6.45) is -2.55. The molecule has 2 rings (SSSR count). The lowest BCUT2D eigenvalue weighted by atomic mass is 9.99. The molecule has 0 aliphatic carbocycles. The summed E-state index contributed by atoms with van der Waals surface area (Å²) in [6, 6.07) is 8.74. The SMILES string of the molecule is Cc1ccccc1[C@H](C)NC1CCN(CC(F)(F)F)CC1. The molecule has 1 fully saturated rings. The average molecular weight is 300 g/mol. The molecular formula is C16H23F3N2. The van der Waals surface area contributed by atoms with Crippen LogP contribution in [0.15, 0.2) is 24.3 Å². The first-order valence-electron chi connectivity index (χ1n) is 7.46. The second-order valence-electron chi connectivity index (χ2n) is 5.91. The van der Waals surface area contributed by atoms with Crippen molar-refractivity contribution in [3.8, 4) is 0 Å². The van der Waals surface area contributed by atoms with Crippen molar-refractivity contribution < 1.29 is 13.2 Å². The Labute approximate surface area is 124 Å². The van der Waals surface area contributed by atoms with Crippen LogP contribution in [0.25, 0.3) is 0 Å². The molecule has 0 spiro atoms. The number of piperidine rings is 1. The van der Waals surface area contributed by atoms with Crippen molar-refractivity contribution in [3.63, 3.8) is 0 Å². The number of aryl methyl sites for hydroxylation is 1. The van der Waals surface area contributed by atoms with Crippen LogP contribution in [0.3, 0.4) is 0 Å². The number of benzene rings is 1. The highest BCUT2D eigenvalue weighted by atomic mass is 19.4. The Morgan fingerprint density at radius 2 is 1.86 bits per heavy atom. The van der Waals surface area contributed by atoms with Crippen molar-refractivity contribution in [1.29, 1.82) is 0 Å². The maximum Gasteiger partial charge on any atom is 0.401 e. The van der Waals surface area contributed by atoms with Crippen LogP contribution in [0.1, 0.15) is 36.9 Å². The van der Waals surface area contributed by atoms with Crippen LogP contribution in [0.5, 0.6) is 0 Å². The van der Waals surface area contributed by atoms with Crippen molar-refractivity contribution in [2.45, 2.75) is 44.9 Å². The summed E-state index contributed by atoms with van der Waals surface area (Å²) in [7, 11) is 0. The highest BCUT2D eigenvalue weighted by molar-refractivity contribution is 5.28. The van der Waals surface area contributed by atoms with Crippen LogP contribution in [0.4, 0.5) is 13.2 Å². The predicted octanol–water partition coefficient (Wildman–Crippen LogP) is 3.67. The van der Waals surface area contributed by atoms with Gasteiger partial charge in [-0.25, -0.2) is 0 Å². The monoisotopic (exact) mass is 300 g/mol. The van der Waals surface area contributed by atoms with Crippen LogP contribution in [0, 0.1) is 6.92 Å². The van der Waals surface area contributed by atoms with E-state index in [-0.39, 0.29) is 6.04 Å². The van der Waals surface area contributed by atoms with Gasteiger partial charge in [-0.05, 0) is 50.9 Å². The molecule has 21 heavy (non-hydrogen) atoms. The third kappa shape index (κ3) is 5.00. The average Bonchev–Trinajstić information content (AvgIpc) is 2.40. The minimum atomic E-state index is -4.09. The standard InChI is InChI=1S/C16H23F3N2/c1-12-5-3-4-6-15(12)13(2)20-14-7-9-21(10-8-14)11-16(17,18)19/h3-6,13-14,20H,7-11H2,1-2H3/t13-/m0/s1. The van der Waals surface area contributed by atoms with Gasteiger partial charge in [0.05, 0.1) is 6.54 Å². The predicted molar refractivity (Wildman–Crippen MR) is 78.2 cm³/mol. The maximum atomic E-state index is 12.4. The molecule has 1 aliphatic rings. The number of hydrogen-bond acceptors (Lipinski definition) is 2. The molecule has 0 bridgehead atoms. The molecule has 118 valence electrons. The second kappa shape index (κ2) is 6.79. The molecule has 1 N–H and O–H groups in total. The van der Waals surface area contributed by atoms with Gasteiger partial charge in [0.25, 0.3) is 0 Å². The van der Waals surface area contributed by atoms with Gasteiger partial charge in [0.15, 0.2) is 0 Å². The number of hydrogen-bond donors (Lipinski definition) is 1. The molecule has 1 saturated heterocycles. The van der Waals surface area contributed by atoms with E-state index < -0.39 is 12.7 Å². The minimum Gasteiger partial charge on any atom is -0.307 e. The number of likely N-dealkylation sites (tertiary alicyclic amines) is 1. The molecule has 1 aromatic carbocycles. The Morgan fingerprint density at radius 1 is 1.24 bits per heavy atom. The van der Waals surface area contributed by atoms with Gasteiger partial charge in [-0.1, -0.05) is 24.3 Å². The van der Waals surface area contributed by atoms with Crippen LogP contribution >= 0.6 is 0 Å². The van der Waals surface area contributed by atoms with Gasteiger partial charge in [-0.15, -0.1) is 0 Å². The van der Waals surface area contributed by atoms with Gasteiger partial charge < -0.3 is 5.32 Å². The highest BCUT2D eigenvalue weighted by Gasteiger charge is 2.32. The summed E-state index contributed by atoms with van der Waals surface area (Å²) in [5.74, 6) is 0. The lowest BCUT2D eigenvalue weighted by Gasteiger charge is -2.34. The van der Waals surface area contributed by atoms with E-state index >= 15 is 0 Å². The molecule has 0 radical (unpaired) electrons. The third-order valence-electron chi connectivity index (χ3n) is 4.13. The zero-order chi connectivity index (χ0) is 15.5. The molecule has 0 aromatic heterocycles. The van der Waals surface area contributed by atoms with Crippen molar-refractivity contribution in [1.82, 2.24) is 10.2 Å². The molecule has 5 heteroatoms. The van der Waals surface area contributed by atoms with E-state index in [0.717, 1.165) is 12.8 Å². The fraction of sp³-hybridized carbons (Fsp3) is 0.625. The summed E-state index contributed by atoms with van der Waals surface area (Å²) in [5.41, 5.74) is 2.50. The van der Waals surface area contributed by atoms with Crippen molar-refractivity contribution in [2.24, 2.45) is 0 Å². The third-order valence-corrected chi connectivity index (χ3v) is 4.13. The van der Waals surface area contributed by atoms with E-state index in [2.05, 4.69) is 31.3 Å². The first-order valence-corrected chi connectivity index (χ1v) is 7.46. The molecule has 1 aromatic rings. The lowest BCUT2D eigenvalue weighted by molar-refractivity contribution is -0.148. The normalized spacial score (nSPS) is 19.7. The van der Waals surface area contributed by atoms with E-state index in [9.17, 15) is 13.2 Å². The smallest absolute Gasteiger partial charge is 0.307 e. The molecule has 1 aliphatic heterocycles. The van der Waals surface area contributed by atoms with Crippen LogP contribution < -0.4 is 5.32 Å². The first-order chi connectivity index (χ1) is 9.85. The van der Waals surface area contributed by atoms with Crippen LogP contribution in [0.2, 0.25) is 0 Å². The zero-order valence-corrected chi connectivity index (χ0v) is 12.6. The van der Waals surface area contributed by atoms with Crippen LogP contribution in [-0.2, 0) is 0 Å². The maximum absolute atomic E-state index is 12.4. The van der Waals surface area contributed by atoms with Crippen molar-refractivity contribution >= 4 is 0 Å². The quantitative estimate of drug-likeness (QED) is 0.912. The van der Waals surface area contributed by atoms with Gasteiger partial charge >= 0.3 is 6.18 Å². The summed E-state index contributed by atoms with van der Waals surface area (Å²) < 4.78 is 37.1. The molecule has 0 saturated carbocycles. The number of nitrogens with one attached hydrogen (secondary N) is 1. The largest absolute Gasteiger partial charge is 0.401 e. The second-order valence-corrected chi connectivity index (χ2v) is 5.91. The lowest BCUT2D eigenvalue weighted by Crippen LogP contribution is -2.46. The van der Waals surface area contributed by atoms with Gasteiger partial charge in [0, 0.05) is 12.1 Å². The van der Waals surface area contributed by atoms with Crippen molar-refractivity contribution in [2.75, 3.05) is 19.6 Å². The topological polar surface area (TPSA) is 15.3 Å².